The van der Waals surface area contributed by atoms with Crippen molar-refractivity contribution in [3.63, 3.8) is 0 Å². The molecule has 0 aliphatic rings. The second-order valence-corrected chi connectivity index (χ2v) is 5.56. The highest BCUT2D eigenvalue weighted by Gasteiger charge is 2.14. The quantitative estimate of drug-likeness (QED) is 0.415. The largest absolute Gasteiger partial charge is 0.497 e. The van der Waals surface area contributed by atoms with Crippen LogP contribution < -0.4 is 4.74 Å². The van der Waals surface area contributed by atoms with Gasteiger partial charge in [-0.05, 0) is 29.8 Å². The van der Waals surface area contributed by atoms with Crippen LogP contribution in [0.3, 0.4) is 0 Å². The zero-order valence-electron chi connectivity index (χ0n) is 13.7. The standard InChI is InChI=1S/C18H13N5O3/c1-26-15-8-4-12(5-9-15)16-10-20-22-17(11-19-21-18(16)22)13-2-6-14(7-3-13)23(24)25/h2-11H,1H3. The lowest BCUT2D eigenvalue weighted by atomic mass is 10.1. The number of hydrogen-bond donors (Lipinski definition) is 0. The number of rotatable bonds is 4. The Morgan fingerprint density at radius 3 is 2.35 bits per heavy atom. The lowest BCUT2D eigenvalue weighted by Gasteiger charge is -2.05. The molecule has 0 aliphatic carbocycles. The number of ether oxygens (including phenoxy) is 1. The Hall–Kier alpha value is -3.81. The summed E-state index contributed by atoms with van der Waals surface area (Å²) in [6.07, 6.45) is 3.31. The summed E-state index contributed by atoms with van der Waals surface area (Å²) in [6.45, 7) is 0. The molecule has 0 aliphatic heterocycles. The summed E-state index contributed by atoms with van der Waals surface area (Å²) in [5.74, 6) is 0.767. The molecule has 0 bridgehead atoms. The van der Waals surface area contributed by atoms with E-state index in [0.29, 0.717) is 11.3 Å². The molecule has 0 radical (unpaired) electrons. The summed E-state index contributed by atoms with van der Waals surface area (Å²) < 4.78 is 6.86. The Morgan fingerprint density at radius 1 is 1.00 bits per heavy atom. The lowest BCUT2D eigenvalue weighted by Crippen LogP contribution is -1.98. The van der Waals surface area contributed by atoms with Crippen LogP contribution in [0, 0.1) is 10.1 Å². The number of non-ortho nitro benzene ring substituents is 1. The monoisotopic (exact) mass is 347 g/mol. The molecule has 0 amide bonds. The normalized spacial score (nSPS) is 10.8. The maximum atomic E-state index is 10.8. The molecule has 0 spiro atoms. The molecule has 0 saturated carbocycles. The molecule has 0 atom stereocenters. The van der Waals surface area contributed by atoms with Crippen LogP contribution in [0.25, 0.3) is 28.0 Å². The van der Waals surface area contributed by atoms with Gasteiger partial charge in [-0.25, -0.2) is 4.52 Å². The van der Waals surface area contributed by atoms with Gasteiger partial charge in [0.1, 0.15) is 5.75 Å². The Balaban J connectivity index is 1.80. The Bertz CT molecular complexity index is 1090. The number of aromatic nitrogens is 4. The first kappa shape index (κ1) is 15.7. The summed E-state index contributed by atoms with van der Waals surface area (Å²) >= 11 is 0. The lowest BCUT2D eigenvalue weighted by molar-refractivity contribution is -0.384. The van der Waals surface area contributed by atoms with Crippen LogP contribution in [0.15, 0.2) is 60.9 Å². The Labute approximate surface area is 147 Å². The molecule has 0 N–H and O–H groups in total. The van der Waals surface area contributed by atoms with Gasteiger partial charge in [-0.3, -0.25) is 10.1 Å². The SMILES string of the molecule is COc1ccc(-c2cnn3c(-c4ccc([N+](=O)[O-])cc4)cnnc23)cc1. The van der Waals surface area contributed by atoms with Gasteiger partial charge in [0, 0.05) is 23.3 Å². The Kier molecular flexibility index (Phi) is 3.77. The van der Waals surface area contributed by atoms with Crippen molar-refractivity contribution in [2.75, 3.05) is 7.11 Å². The van der Waals surface area contributed by atoms with Gasteiger partial charge >= 0.3 is 0 Å². The third-order valence-corrected chi connectivity index (χ3v) is 4.08. The minimum atomic E-state index is -0.431. The van der Waals surface area contributed by atoms with Gasteiger partial charge < -0.3 is 4.74 Å². The molecular weight excluding hydrogens is 334 g/mol. The van der Waals surface area contributed by atoms with E-state index in [-0.39, 0.29) is 5.69 Å². The molecular formula is C18H13N5O3. The van der Waals surface area contributed by atoms with Crippen LogP contribution in [0.1, 0.15) is 0 Å². The van der Waals surface area contributed by atoms with E-state index in [0.717, 1.165) is 22.4 Å². The van der Waals surface area contributed by atoms with Gasteiger partial charge in [0.2, 0.25) is 0 Å². The van der Waals surface area contributed by atoms with Crippen molar-refractivity contribution in [1.29, 1.82) is 0 Å². The van der Waals surface area contributed by atoms with E-state index in [4.69, 9.17) is 4.74 Å². The predicted octanol–water partition coefficient (Wildman–Crippen LogP) is 3.38. The number of hydrogen-bond acceptors (Lipinski definition) is 6. The number of methoxy groups -OCH3 is 1. The molecule has 2 aromatic heterocycles. The fourth-order valence-corrected chi connectivity index (χ4v) is 2.73. The van der Waals surface area contributed by atoms with Crippen molar-refractivity contribution in [3.8, 4) is 28.1 Å². The first-order chi connectivity index (χ1) is 12.7. The zero-order valence-corrected chi connectivity index (χ0v) is 13.7. The van der Waals surface area contributed by atoms with Crippen LogP contribution in [0.5, 0.6) is 5.75 Å². The summed E-state index contributed by atoms with van der Waals surface area (Å²) in [6, 6.07) is 13.8. The van der Waals surface area contributed by atoms with Crippen molar-refractivity contribution in [1.82, 2.24) is 19.8 Å². The van der Waals surface area contributed by atoms with Crippen molar-refractivity contribution < 1.29 is 9.66 Å². The van der Waals surface area contributed by atoms with Crippen LogP contribution in [0.4, 0.5) is 5.69 Å². The van der Waals surface area contributed by atoms with Gasteiger partial charge in [0.25, 0.3) is 5.69 Å². The maximum absolute atomic E-state index is 10.8. The smallest absolute Gasteiger partial charge is 0.269 e. The molecule has 4 rings (SSSR count). The van der Waals surface area contributed by atoms with Gasteiger partial charge in [-0.15, -0.1) is 5.10 Å². The molecule has 2 aromatic carbocycles. The summed E-state index contributed by atoms with van der Waals surface area (Å²) in [4.78, 5) is 10.4. The number of nitro groups is 1. The molecule has 8 nitrogen and oxygen atoms in total. The molecule has 8 heteroatoms. The summed E-state index contributed by atoms with van der Waals surface area (Å²) in [5.41, 5.74) is 3.88. The van der Waals surface area contributed by atoms with Crippen molar-refractivity contribution >= 4 is 11.3 Å². The summed E-state index contributed by atoms with van der Waals surface area (Å²) in [5, 5.41) is 23.5. The van der Waals surface area contributed by atoms with E-state index < -0.39 is 4.92 Å². The maximum Gasteiger partial charge on any atom is 0.269 e. The van der Waals surface area contributed by atoms with Gasteiger partial charge in [0.15, 0.2) is 5.65 Å². The van der Waals surface area contributed by atoms with Crippen molar-refractivity contribution in [3.05, 3.63) is 71.0 Å². The third-order valence-electron chi connectivity index (χ3n) is 4.08. The van der Waals surface area contributed by atoms with Crippen LogP contribution >= 0.6 is 0 Å². The van der Waals surface area contributed by atoms with Gasteiger partial charge in [0.05, 0.1) is 30.1 Å². The molecule has 128 valence electrons. The highest BCUT2D eigenvalue weighted by Crippen LogP contribution is 2.28. The number of benzene rings is 2. The van der Waals surface area contributed by atoms with E-state index in [1.165, 1.54) is 12.1 Å². The third kappa shape index (κ3) is 2.63. The number of nitro benzene ring substituents is 1. The average molecular weight is 347 g/mol. The number of fused-ring (bicyclic) bond motifs is 1. The highest BCUT2D eigenvalue weighted by atomic mass is 16.6. The minimum Gasteiger partial charge on any atom is -0.497 e. The van der Waals surface area contributed by atoms with Crippen molar-refractivity contribution in [2.45, 2.75) is 0 Å². The molecule has 0 saturated heterocycles. The van der Waals surface area contributed by atoms with Gasteiger partial charge in [-0.1, -0.05) is 12.1 Å². The summed E-state index contributed by atoms with van der Waals surface area (Å²) in [7, 11) is 1.62. The topological polar surface area (TPSA) is 95.5 Å². The first-order valence-electron chi connectivity index (χ1n) is 7.76. The Morgan fingerprint density at radius 2 is 1.69 bits per heavy atom. The number of nitrogens with zero attached hydrogens (tertiary/aromatic N) is 5. The molecule has 0 fully saturated rings. The molecule has 26 heavy (non-hydrogen) atoms. The van der Waals surface area contributed by atoms with E-state index >= 15 is 0 Å². The van der Waals surface area contributed by atoms with E-state index in [9.17, 15) is 10.1 Å². The zero-order chi connectivity index (χ0) is 18.1. The molecule has 2 heterocycles. The van der Waals surface area contributed by atoms with E-state index in [2.05, 4.69) is 15.3 Å². The van der Waals surface area contributed by atoms with E-state index in [1.54, 1.807) is 36.2 Å². The van der Waals surface area contributed by atoms with Crippen LogP contribution in [0.2, 0.25) is 0 Å². The van der Waals surface area contributed by atoms with Crippen molar-refractivity contribution in [2.24, 2.45) is 0 Å². The van der Waals surface area contributed by atoms with E-state index in [1.807, 2.05) is 24.3 Å². The fourth-order valence-electron chi connectivity index (χ4n) is 2.73. The highest BCUT2D eigenvalue weighted by molar-refractivity contribution is 5.78. The second kappa shape index (κ2) is 6.25. The second-order valence-electron chi connectivity index (χ2n) is 5.56. The first-order valence-corrected chi connectivity index (χ1v) is 7.76. The minimum absolute atomic E-state index is 0.0337. The molecule has 0 unspecified atom stereocenters. The fraction of sp³-hybridized carbons (Fsp3) is 0.0556. The van der Waals surface area contributed by atoms with Crippen LogP contribution in [-0.4, -0.2) is 31.8 Å². The van der Waals surface area contributed by atoms with Crippen LogP contribution in [-0.2, 0) is 0 Å². The predicted molar refractivity (Wildman–Crippen MR) is 94.9 cm³/mol. The molecule has 4 aromatic rings. The average Bonchev–Trinajstić information content (AvgIpc) is 3.12. The van der Waals surface area contributed by atoms with Gasteiger partial charge in [-0.2, -0.15) is 10.2 Å².